The number of ether oxygens (including phenoxy) is 2. The summed E-state index contributed by atoms with van der Waals surface area (Å²) in [6.45, 7) is 8.88. The first-order valence-corrected chi connectivity index (χ1v) is 10.6. The molecule has 0 aromatic carbocycles. The quantitative estimate of drug-likeness (QED) is 0.696. The monoisotopic (exact) mass is 408 g/mol. The van der Waals surface area contributed by atoms with Crippen LogP contribution in [0.4, 0.5) is 0 Å². The molecule has 4 nitrogen and oxygen atoms in total. The number of hydrogen-bond acceptors (Lipinski definition) is 4. The summed E-state index contributed by atoms with van der Waals surface area (Å²) in [6, 6.07) is 0. The van der Waals surface area contributed by atoms with Crippen molar-refractivity contribution in [3.05, 3.63) is 46.7 Å². The van der Waals surface area contributed by atoms with E-state index in [1.807, 2.05) is 19.9 Å². The minimum absolute atomic E-state index is 0.00140. The number of rotatable bonds is 5. The maximum Gasteiger partial charge on any atom is 0.115 e. The Morgan fingerprint density at radius 2 is 2.00 bits per heavy atom. The number of aliphatic hydroxyl groups is 2. The summed E-state index contributed by atoms with van der Waals surface area (Å²) >= 11 is 6.59. The summed E-state index contributed by atoms with van der Waals surface area (Å²) in [7, 11) is 0. The van der Waals surface area contributed by atoms with Gasteiger partial charge in [0.25, 0.3) is 0 Å². The molecule has 0 spiro atoms. The molecule has 0 saturated carbocycles. The molecule has 3 rings (SSSR count). The van der Waals surface area contributed by atoms with Crippen LogP contribution < -0.4 is 0 Å². The van der Waals surface area contributed by atoms with E-state index in [4.69, 9.17) is 21.1 Å². The average Bonchev–Trinajstić information content (AvgIpc) is 2.65. The van der Waals surface area contributed by atoms with E-state index >= 15 is 0 Å². The van der Waals surface area contributed by atoms with Gasteiger partial charge >= 0.3 is 0 Å². The van der Waals surface area contributed by atoms with Crippen LogP contribution in [0.15, 0.2) is 46.7 Å². The first-order valence-electron chi connectivity index (χ1n) is 10.3. The summed E-state index contributed by atoms with van der Waals surface area (Å²) in [4.78, 5) is 0. The Bertz CT molecular complexity index is 697. The molecular formula is C23H33ClO4. The topological polar surface area (TPSA) is 58.9 Å². The Morgan fingerprint density at radius 1 is 1.25 bits per heavy atom. The second kappa shape index (κ2) is 8.35. The van der Waals surface area contributed by atoms with Crippen LogP contribution in [0.5, 0.6) is 0 Å². The molecule has 1 aliphatic heterocycles. The van der Waals surface area contributed by atoms with Crippen molar-refractivity contribution in [3.63, 3.8) is 0 Å². The van der Waals surface area contributed by atoms with Crippen molar-refractivity contribution in [2.75, 3.05) is 6.61 Å². The van der Waals surface area contributed by atoms with Crippen LogP contribution in [0.3, 0.4) is 0 Å². The van der Waals surface area contributed by atoms with E-state index in [2.05, 4.69) is 38.2 Å². The second-order valence-corrected chi connectivity index (χ2v) is 9.41. The zero-order chi connectivity index (χ0) is 20.5. The van der Waals surface area contributed by atoms with E-state index in [0.717, 1.165) is 30.1 Å². The molecule has 2 N–H and O–H groups in total. The Labute approximate surface area is 173 Å². The Morgan fingerprint density at radius 3 is 2.61 bits per heavy atom. The van der Waals surface area contributed by atoms with Crippen LogP contribution in [0.2, 0.25) is 0 Å². The lowest BCUT2D eigenvalue weighted by molar-refractivity contribution is -0.184. The third-order valence-electron chi connectivity index (χ3n) is 6.34. The fourth-order valence-electron chi connectivity index (χ4n) is 4.49. The SMILES string of the molecule is CCOC1=CCC(C)(CC2=C(Cl)C=CC(C)(C3CC(O)C(O)C(C)O3)C2)C=C1. The van der Waals surface area contributed by atoms with Gasteiger partial charge < -0.3 is 19.7 Å². The van der Waals surface area contributed by atoms with E-state index in [9.17, 15) is 10.2 Å². The summed E-state index contributed by atoms with van der Waals surface area (Å²) in [5.74, 6) is 0.936. The van der Waals surface area contributed by atoms with Gasteiger partial charge in [-0.1, -0.05) is 37.6 Å². The molecule has 6 atom stereocenters. The average molecular weight is 409 g/mol. The van der Waals surface area contributed by atoms with E-state index in [0.29, 0.717) is 13.0 Å². The number of hydrogen-bond donors (Lipinski definition) is 2. The van der Waals surface area contributed by atoms with Crippen LogP contribution in [0.1, 0.15) is 53.4 Å². The number of halogens is 1. The van der Waals surface area contributed by atoms with Crippen LogP contribution in [0.25, 0.3) is 0 Å². The van der Waals surface area contributed by atoms with E-state index in [1.165, 1.54) is 5.57 Å². The molecule has 0 aromatic rings. The largest absolute Gasteiger partial charge is 0.494 e. The van der Waals surface area contributed by atoms with Gasteiger partial charge in [-0.2, -0.15) is 0 Å². The van der Waals surface area contributed by atoms with Crippen molar-refractivity contribution in [3.8, 4) is 0 Å². The highest BCUT2D eigenvalue weighted by molar-refractivity contribution is 6.31. The van der Waals surface area contributed by atoms with Gasteiger partial charge in [-0.15, -0.1) is 0 Å². The molecule has 1 saturated heterocycles. The minimum Gasteiger partial charge on any atom is -0.494 e. The fraction of sp³-hybridized carbons (Fsp3) is 0.652. The molecule has 0 aromatic heterocycles. The molecule has 5 heteroatoms. The van der Waals surface area contributed by atoms with Crippen LogP contribution >= 0.6 is 11.6 Å². The third-order valence-corrected chi connectivity index (χ3v) is 6.73. The van der Waals surface area contributed by atoms with E-state index < -0.39 is 12.2 Å². The molecule has 3 aliphatic rings. The summed E-state index contributed by atoms with van der Waals surface area (Å²) in [5, 5.41) is 21.0. The molecule has 28 heavy (non-hydrogen) atoms. The standard InChI is InChI=1S/C23H33ClO4/c1-5-27-17-6-9-22(3,10-7-17)13-16-14-23(4,11-8-18(16)24)20-12-19(25)21(26)15(2)28-20/h6-9,11,15,19-21,25-26H,5,10,12-14H2,1-4H3. The predicted molar refractivity (Wildman–Crippen MR) is 112 cm³/mol. The first kappa shape index (κ1) is 21.6. The van der Waals surface area contributed by atoms with E-state index in [1.54, 1.807) is 0 Å². The van der Waals surface area contributed by atoms with Crippen LogP contribution in [-0.4, -0.2) is 41.2 Å². The molecule has 156 valence electrons. The summed E-state index contributed by atoms with van der Waals surface area (Å²) < 4.78 is 11.7. The van der Waals surface area contributed by atoms with Crippen molar-refractivity contribution < 1.29 is 19.7 Å². The summed E-state index contributed by atoms with van der Waals surface area (Å²) in [6.07, 6.45) is 11.4. The van der Waals surface area contributed by atoms with Gasteiger partial charge in [0.15, 0.2) is 0 Å². The zero-order valence-corrected chi connectivity index (χ0v) is 18.1. The highest BCUT2D eigenvalue weighted by Gasteiger charge is 2.44. The van der Waals surface area contributed by atoms with Crippen LogP contribution in [-0.2, 0) is 9.47 Å². The van der Waals surface area contributed by atoms with Crippen molar-refractivity contribution >= 4 is 11.6 Å². The molecule has 0 bridgehead atoms. The van der Waals surface area contributed by atoms with Gasteiger partial charge in [0.1, 0.15) is 11.9 Å². The molecular weight excluding hydrogens is 376 g/mol. The molecule has 1 fully saturated rings. The molecule has 6 unspecified atom stereocenters. The maximum atomic E-state index is 10.2. The van der Waals surface area contributed by atoms with Crippen molar-refractivity contribution in [2.24, 2.45) is 10.8 Å². The summed E-state index contributed by atoms with van der Waals surface area (Å²) in [5.41, 5.74) is 0.951. The Balaban J connectivity index is 1.72. The van der Waals surface area contributed by atoms with Gasteiger partial charge in [0.05, 0.1) is 24.9 Å². The zero-order valence-electron chi connectivity index (χ0n) is 17.3. The molecule has 0 amide bonds. The van der Waals surface area contributed by atoms with Gasteiger partial charge in [0.2, 0.25) is 0 Å². The second-order valence-electron chi connectivity index (χ2n) is 9.00. The highest BCUT2D eigenvalue weighted by Crippen LogP contribution is 2.47. The fourth-order valence-corrected chi connectivity index (χ4v) is 4.69. The molecule has 2 aliphatic carbocycles. The van der Waals surface area contributed by atoms with Gasteiger partial charge in [-0.05, 0) is 62.3 Å². The number of allylic oxidation sites excluding steroid dienone is 6. The van der Waals surface area contributed by atoms with E-state index in [-0.39, 0.29) is 23.0 Å². The maximum absolute atomic E-state index is 10.2. The van der Waals surface area contributed by atoms with Gasteiger partial charge in [-0.25, -0.2) is 0 Å². The Hall–Kier alpha value is -1.07. The smallest absolute Gasteiger partial charge is 0.115 e. The van der Waals surface area contributed by atoms with Crippen molar-refractivity contribution in [1.82, 2.24) is 0 Å². The van der Waals surface area contributed by atoms with Crippen molar-refractivity contribution in [1.29, 1.82) is 0 Å². The Kier molecular flexibility index (Phi) is 6.45. The van der Waals surface area contributed by atoms with Crippen molar-refractivity contribution in [2.45, 2.75) is 77.8 Å². The lowest BCUT2D eigenvalue weighted by Gasteiger charge is -2.45. The number of aliphatic hydroxyl groups excluding tert-OH is 2. The predicted octanol–water partition coefficient (Wildman–Crippen LogP) is 4.62. The normalized spacial score (nSPS) is 41.2. The van der Waals surface area contributed by atoms with Gasteiger partial charge in [0, 0.05) is 16.9 Å². The lowest BCUT2D eigenvalue weighted by Crippen LogP contribution is -2.51. The van der Waals surface area contributed by atoms with Crippen LogP contribution in [0, 0.1) is 10.8 Å². The van der Waals surface area contributed by atoms with Gasteiger partial charge in [-0.3, -0.25) is 0 Å². The third kappa shape index (κ3) is 4.56. The minimum atomic E-state index is -0.830. The molecule has 1 heterocycles. The first-order chi connectivity index (χ1) is 13.2. The lowest BCUT2D eigenvalue weighted by atomic mass is 9.68. The highest BCUT2D eigenvalue weighted by atomic mass is 35.5. The molecule has 0 radical (unpaired) electrons.